The molecule has 0 bridgehead atoms. The average Bonchev–Trinajstić information content (AvgIpc) is 0. The van der Waals surface area contributed by atoms with Crippen LogP contribution in [0.5, 0.6) is 0 Å². The Labute approximate surface area is 83.4 Å². The van der Waals surface area contributed by atoms with Crippen LogP contribution in [-0.2, 0) is 43.0 Å². The fourth-order valence-electron chi connectivity index (χ4n) is 0. The van der Waals surface area contributed by atoms with Gasteiger partial charge in [-0.3, -0.25) is 0 Å². The summed E-state index contributed by atoms with van der Waals surface area (Å²) < 4.78 is 0. The van der Waals surface area contributed by atoms with E-state index in [1.165, 1.54) is 0 Å². The van der Waals surface area contributed by atoms with Crippen molar-refractivity contribution >= 4 is 0 Å². The maximum Gasteiger partial charge on any atom is 0 e. The van der Waals surface area contributed by atoms with Crippen molar-refractivity contribution in [1.29, 1.82) is 0 Å². The van der Waals surface area contributed by atoms with Gasteiger partial charge in [-0.05, 0) is 0 Å². The minimum atomic E-state index is 0. The zero-order chi connectivity index (χ0) is 0. The van der Waals surface area contributed by atoms with Crippen LogP contribution in [0.3, 0.4) is 0 Å². The van der Waals surface area contributed by atoms with Crippen molar-refractivity contribution in [3.05, 3.63) is 0 Å². The summed E-state index contributed by atoms with van der Waals surface area (Å²) in [5.41, 5.74) is 0. The van der Waals surface area contributed by atoms with Gasteiger partial charge in [-0.1, -0.05) is 0 Å². The van der Waals surface area contributed by atoms with Gasteiger partial charge in [0.25, 0.3) is 0 Å². The van der Waals surface area contributed by atoms with E-state index in [0.717, 1.165) is 0 Å². The average molecular weight is 374 g/mol. The van der Waals surface area contributed by atoms with E-state index in [1.807, 2.05) is 0 Å². The summed E-state index contributed by atoms with van der Waals surface area (Å²) in [7, 11) is 0. The molecular weight excluding hydrogens is 356 g/mol. The summed E-state index contributed by atoms with van der Waals surface area (Å²) >= 11 is 0. The Morgan fingerprint density at radius 2 is 0.333 bits per heavy atom. The molecule has 0 spiro atoms. The van der Waals surface area contributed by atoms with E-state index in [-0.39, 0.29) is 82.7 Å². The molecule has 0 aromatic rings. The third-order valence-corrected chi connectivity index (χ3v) is 0. The Hall–Kier alpha value is 0.248. The van der Waals surface area contributed by atoms with Crippen molar-refractivity contribution in [2.45, 2.75) is 0 Å². The van der Waals surface area contributed by atoms with Crippen LogP contribution in [0, 0.1) is 0 Å². The van der Waals surface area contributed by atoms with Crippen LogP contribution < -0.4 is 12.3 Å². The van der Waals surface area contributed by atoms with Gasteiger partial charge in [0.1, 0.15) is 0 Å². The van der Waals surface area contributed by atoms with E-state index in [1.54, 1.807) is 0 Å². The SMILES string of the molecule is O.O.O.O.O.[NH4+].[NH4+].[O-2].[O-2].[O-2].[O-2].[W]. The summed E-state index contributed by atoms with van der Waals surface area (Å²) in [5, 5.41) is 0. The van der Waals surface area contributed by atoms with Gasteiger partial charge in [0.2, 0.25) is 0 Å². The molecule has 12 heavy (non-hydrogen) atoms. The van der Waals surface area contributed by atoms with E-state index in [9.17, 15) is 0 Å². The monoisotopic (exact) mass is 374 g/mol. The second-order valence-electron chi connectivity index (χ2n) is 0. The third kappa shape index (κ3) is 14200. The predicted octanol–water partition coefficient (Wildman–Crippen LogP) is -3.85. The first-order chi connectivity index (χ1) is 0. The molecule has 0 atom stereocenters. The molecule has 18 N–H and O–H groups in total. The van der Waals surface area contributed by atoms with Crippen LogP contribution in [0.1, 0.15) is 0 Å². The number of rotatable bonds is 0. The summed E-state index contributed by atoms with van der Waals surface area (Å²) in [5.74, 6) is 0. The minimum absolute atomic E-state index is 0. The number of hydrogen-bond donors (Lipinski definition) is 2. The molecule has 0 saturated heterocycles. The number of quaternary nitrogens is 2. The van der Waals surface area contributed by atoms with Gasteiger partial charge in [-0.2, -0.15) is 0 Å². The summed E-state index contributed by atoms with van der Waals surface area (Å²) in [6.45, 7) is 0. The topological polar surface area (TPSA) is 344 Å². The van der Waals surface area contributed by atoms with Crippen molar-refractivity contribution in [1.82, 2.24) is 12.3 Å². The van der Waals surface area contributed by atoms with E-state index < -0.39 is 0 Å². The Morgan fingerprint density at radius 1 is 0.333 bits per heavy atom. The van der Waals surface area contributed by atoms with E-state index in [4.69, 9.17) is 0 Å². The van der Waals surface area contributed by atoms with Crippen LogP contribution in [0.4, 0.5) is 0 Å². The largest absolute Gasteiger partial charge is 2.00 e. The Kier molecular flexibility index (Phi) is 40100000. The molecule has 0 aromatic carbocycles. The Bertz CT molecular complexity index is 12.5. The molecule has 0 aliphatic heterocycles. The summed E-state index contributed by atoms with van der Waals surface area (Å²) in [6, 6.07) is 0. The minimum Gasteiger partial charge on any atom is -2.00 e. The van der Waals surface area contributed by atoms with Crippen LogP contribution >= 0.6 is 0 Å². The van der Waals surface area contributed by atoms with Gasteiger partial charge >= 0.3 is 0 Å². The zero-order valence-electron chi connectivity index (χ0n) is 6.54. The first-order valence-corrected chi connectivity index (χ1v) is 0. The van der Waals surface area contributed by atoms with Crippen molar-refractivity contribution in [2.75, 3.05) is 0 Å². The standard InChI is InChI=1S/2H3N.5H2O.4O.W/h2*1H3;5*1H2;;;;;/q;;;;;;;4*-2;/p+2. The first-order valence-electron chi connectivity index (χ1n) is 0. The predicted molar refractivity (Wildman–Crippen MR) is 32.8 cm³/mol. The van der Waals surface area contributed by atoms with Crippen LogP contribution in [-0.4, -0.2) is 27.4 Å². The molecule has 0 unspecified atom stereocenters. The molecule has 0 saturated carbocycles. The second-order valence-corrected chi connectivity index (χ2v) is 0. The van der Waals surface area contributed by atoms with Crippen LogP contribution in [0.15, 0.2) is 0 Å². The second kappa shape index (κ2) is 19200. The molecule has 0 aliphatic rings. The molecule has 12 heteroatoms. The molecule has 0 rings (SSSR count). The van der Waals surface area contributed by atoms with Gasteiger partial charge in [0.05, 0.1) is 0 Å². The van der Waals surface area contributed by atoms with E-state index in [2.05, 4.69) is 0 Å². The summed E-state index contributed by atoms with van der Waals surface area (Å²) in [6.07, 6.45) is 0. The van der Waals surface area contributed by atoms with Gasteiger partial charge in [0.15, 0.2) is 0 Å². The van der Waals surface area contributed by atoms with Gasteiger partial charge in [0, 0.05) is 21.1 Å². The molecule has 0 aromatic heterocycles. The molecule has 11 nitrogen and oxygen atoms in total. The first kappa shape index (κ1) is 25100. The fourth-order valence-corrected chi connectivity index (χ4v) is 0. The van der Waals surface area contributed by atoms with Crippen LogP contribution in [0.25, 0.3) is 0 Å². The summed E-state index contributed by atoms with van der Waals surface area (Å²) in [4.78, 5) is 0. The maximum absolute atomic E-state index is 0. The van der Waals surface area contributed by atoms with Crippen molar-refractivity contribution in [3.8, 4) is 0 Å². The maximum atomic E-state index is 0. The molecule has 0 heterocycles. The van der Waals surface area contributed by atoms with Gasteiger partial charge in [-0.15, -0.1) is 0 Å². The molecular formula is H18N2O9W-6. The van der Waals surface area contributed by atoms with Crippen molar-refractivity contribution in [3.63, 3.8) is 0 Å². The fraction of sp³-hybridized carbons (Fsp3) is 0. The molecule has 0 aliphatic carbocycles. The smallest absolute Gasteiger partial charge is 0 e. The van der Waals surface area contributed by atoms with E-state index >= 15 is 0 Å². The normalized spacial score (nSPS) is 0. The zero-order valence-corrected chi connectivity index (χ0v) is 9.47. The van der Waals surface area contributed by atoms with Gasteiger partial charge < -0.3 is 61.6 Å². The Balaban J connectivity index is 0. The van der Waals surface area contributed by atoms with Crippen molar-refractivity contribution < 1.29 is 70.4 Å². The quantitative estimate of drug-likeness (QED) is 0.411. The number of hydrogen-bond acceptors (Lipinski definition) is 0. The molecule has 0 amide bonds. The van der Waals surface area contributed by atoms with Crippen LogP contribution in [0.2, 0.25) is 0 Å². The third-order valence-electron chi connectivity index (χ3n) is 0. The van der Waals surface area contributed by atoms with Crippen molar-refractivity contribution in [2.24, 2.45) is 0 Å². The Morgan fingerprint density at radius 3 is 0.333 bits per heavy atom. The molecule has 94 valence electrons. The molecule has 0 radical (unpaired) electrons. The van der Waals surface area contributed by atoms with E-state index in [0.29, 0.717) is 0 Å². The van der Waals surface area contributed by atoms with Gasteiger partial charge in [-0.25, -0.2) is 0 Å². The molecule has 0 fully saturated rings.